The molecule has 22 heavy (non-hydrogen) atoms. The number of phenolic OH excluding ortho intramolecular Hbond substituents is 1. The Hall–Kier alpha value is -2.08. The smallest absolute Gasteiger partial charge is 0.257 e. The zero-order valence-corrected chi connectivity index (χ0v) is 13.7. The van der Waals surface area contributed by atoms with Gasteiger partial charge in [0.25, 0.3) is 5.91 Å². The topological polar surface area (TPSA) is 49.8 Å². The van der Waals surface area contributed by atoms with Crippen LogP contribution < -0.4 is 4.74 Å². The SMILES string of the molecule is COc1ccc(C(=O)N(C)Cc2cc(Br)ccc2F)c(O)c1. The molecule has 0 aliphatic carbocycles. The molecule has 0 aliphatic rings. The second kappa shape index (κ2) is 6.79. The van der Waals surface area contributed by atoms with E-state index in [1.807, 2.05) is 0 Å². The van der Waals surface area contributed by atoms with Gasteiger partial charge in [0.2, 0.25) is 0 Å². The number of amides is 1. The van der Waals surface area contributed by atoms with Crippen LogP contribution in [0, 0.1) is 5.82 Å². The molecular weight excluding hydrogens is 353 g/mol. The first-order valence-corrected chi connectivity index (χ1v) is 7.28. The minimum absolute atomic E-state index is 0.0928. The molecule has 4 nitrogen and oxygen atoms in total. The third-order valence-electron chi connectivity index (χ3n) is 3.20. The van der Waals surface area contributed by atoms with E-state index in [2.05, 4.69) is 15.9 Å². The molecule has 2 aromatic rings. The molecule has 0 saturated heterocycles. The van der Waals surface area contributed by atoms with E-state index in [1.165, 1.54) is 30.2 Å². The molecule has 0 aliphatic heterocycles. The van der Waals surface area contributed by atoms with Gasteiger partial charge in [-0.15, -0.1) is 0 Å². The summed E-state index contributed by atoms with van der Waals surface area (Å²) in [4.78, 5) is 13.7. The minimum Gasteiger partial charge on any atom is -0.507 e. The molecule has 116 valence electrons. The Morgan fingerprint density at radius 1 is 1.32 bits per heavy atom. The maximum atomic E-state index is 13.7. The van der Waals surface area contributed by atoms with Crippen LogP contribution in [0.4, 0.5) is 4.39 Å². The van der Waals surface area contributed by atoms with Gasteiger partial charge in [-0.3, -0.25) is 4.79 Å². The third kappa shape index (κ3) is 3.57. The van der Waals surface area contributed by atoms with Crippen LogP contribution in [-0.2, 0) is 6.54 Å². The fourth-order valence-corrected chi connectivity index (χ4v) is 2.43. The van der Waals surface area contributed by atoms with Gasteiger partial charge in [0.1, 0.15) is 17.3 Å². The number of methoxy groups -OCH3 is 1. The summed E-state index contributed by atoms with van der Waals surface area (Å²) in [5, 5.41) is 9.90. The van der Waals surface area contributed by atoms with Crippen LogP contribution in [0.15, 0.2) is 40.9 Å². The molecule has 6 heteroatoms. The summed E-state index contributed by atoms with van der Waals surface area (Å²) < 4.78 is 19.5. The summed E-state index contributed by atoms with van der Waals surface area (Å²) in [5.41, 5.74) is 0.525. The number of hydrogen-bond acceptors (Lipinski definition) is 3. The number of carbonyl (C=O) groups is 1. The lowest BCUT2D eigenvalue weighted by Gasteiger charge is -2.18. The predicted octanol–water partition coefficient (Wildman–Crippen LogP) is 3.57. The fraction of sp³-hybridized carbons (Fsp3) is 0.188. The summed E-state index contributed by atoms with van der Waals surface area (Å²) in [6.07, 6.45) is 0. The average molecular weight is 368 g/mol. The third-order valence-corrected chi connectivity index (χ3v) is 3.69. The van der Waals surface area contributed by atoms with E-state index in [-0.39, 0.29) is 23.7 Å². The number of nitrogens with zero attached hydrogens (tertiary/aromatic N) is 1. The van der Waals surface area contributed by atoms with Crippen molar-refractivity contribution in [2.45, 2.75) is 6.54 Å². The first kappa shape index (κ1) is 16.3. The molecule has 0 aromatic heterocycles. The fourth-order valence-electron chi connectivity index (χ4n) is 2.02. The van der Waals surface area contributed by atoms with Crippen LogP contribution in [-0.4, -0.2) is 30.1 Å². The van der Waals surface area contributed by atoms with E-state index in [4.69, 9.17) is 4.74 Å². The number of phenols is 1. The minimum atomic E-state index is -0.403. The summed E-state index contributed by atoms with van der Waals surface area (Å²) in [6, 6.07) is 8.97. The van der Waals surface area contributed by atoms with Gasteiger partial charge in [-0.1, -0.05) is 15.9 Å². The van der Waals surface area contributed by atoms with E-state index in [1.54, 1.807) is 25.2 Å². The summed E-state index contributed by atoms with van der Waals surface area (Å²) in [7, 11) is 3.02. The van der Waals surface area contributed by atoms with E-state index < -0.39 is 5.91 Å². The molecular formula is C16H15BrFNO3. The molecule has 0 saturated carbocycles. The van der Waals surface area contributed by atoms with Crippen LogP contribution in [0.3, 0.4) is 0 Å². The number of hydrogen-bond donors (Lipinski definition) is 1. The van der Waals surface area contributed by atoms with Crippen LogP contribution in [0.25, 0.3) is 0 Å². The molecule has 0 unspecified atom stereocenters. The lowest BCUT2D eigenvalue weighted by Crippen LogP contribution is -2.26. The van der Waals surface area contributed by atoms with Crippen molar-refractivity contribution in [3.63, 3.8) is 0 Å². The highest BCUT2D eigenvalue weighted by Gasteiger charge is 2.18. The van der Waals surface area contributed by atoms with Crippen molar-refractivity contribution in [2.24, 2.45) is 0 Å². The Morgan fingerprint density at radius 2 is 2.05 bits per heavy atom. The van der Waals surface area contributed by atoms with Crippen LogP contribution in [0.5, 0.6) is 11.5 Å². The van der Waals surface area contributed by atoms with Crippen LogP contribution in [0.1, 0.15) is 15.9 Å². The average Bonchev–Trinajstić information content (AvgIpc) is 2.50. The van der Waals surface area contributed by atoms with Crippen molar-refractivity contribution in [3.05, 3.63) is 57.8 Å². The lowest BCUT2D eigenvalue weighted by molar-refractivity contribution is 0.0781. The summed E-state index contributed by atoms with van der Waals surface area (Å²) >= 11 is 3.27. The normalized spacial score (nSPS) is 10.4. The molecule has 2 aromatic carbocycles. The van der Waals surface area contributed by atoms with Gasteiger partial charge >= 0.3 is 0 Å². The molecule has 0 bridgehead atoms. The van der Waals surface area contributed by atoms with Gasteiger partial charge < -0.3 is 14.7 Å². The molecule has 0 radical (unpaired) electrons. The van der Waals surface area contributed by atoms with Gasteiger partial charge in [-0.25, -0.2) is 4.39 Å². The van der Waals surface area contributed by atoms with Gasteiger partial charge in [-0.05, 0) is 30.3 Å². The van der Waals surface area contributed by atoms with E-state index >= 15 is 0 Å². The monoisotopic (exact) mass is 367 g/mol. The standard InChI is InChI=1S/C16H15BrFNO3/c1-19(9-10-7-11(17)3-6-14(10)18)16(21)13-5-4-12(22-2)8-15(13)20/h3-8,20H,9H2,1-2H3. The number of aromatic hydroxyl groups is 1. The van der Waals surface area contributed by atoms with Gasteiger partial charge in [0, 0.05) is 29.7 Å². The van der Waals surface area contributed by atoms with Gasteiger partial charge in [-0.2, -0.15) is 0 Å². The maximum absolute atomic E-state index is 13.7. The van der Waals surface area contributed by atoms with Gasteiger partial charge in [0.05, 0.1) is 12.7 Å². The predicted molar refractivity (Wildman–Crippen MR) is 84.6 cm³/mol. The second-order valence-corrected chi connectivity index (χ2v) is 5.70. The lowest BCUT2D eigenvalue weighted by atomic mass is 10.1. The summed E-state index contributed by atoms with van der Waals surface area (Å²) in [6.45, 7) is 0.0928. The molecule has 2 rings (SSSR count). The number of ether oxygens (including phenoxy) is 1. The van der Waals surface area contributed by atoms with Crippen molar-refractivity contribution in [1.29, 1.82) is 0 Å². The highest BCUT2D eigenvalue weighted by molar-refractivity contribution is 9.10. The van der Waals surface area contributed by atoms with E-state index in [0.29, 0.717) is 11.3 Å². The van der Waals surface area contributed by atoms with E-state index in [9.17, 15) is 14.3 Å². The number of carbonyl (C=O) groups excluding carboxylic acids is 1. The quantitative estimate of drug-likeness (QED) is 0.898. The first-order valence-electron chi connectivity index (χ1n) is 6.48. The van der Waals surface area contributed by atoms with Crippen molar-refractivity contribution in [2.75, 3.05) is 14.2 Å². The Bertz CT molecular complexity index is 706. The molecule has 0 heterocycles. The Labute approximate surface area is 136 Å². The van der Waals surface area contributed by atoms with Gasteiger partial charge in [0.15, 0.2) is 0 Å². The Kier molecular flexibility index (Phi) is 5.03. The summed E-state index contributed by atoms with van der Waals surface area (Å²) in [5.74, 6) is -0.512. The second-order valence-electron chi connectivity index (χ2n) is 4.78. The molecule has 0 fully saturated rings. The van der Waals surface area contributed by atoms with Crippen LogP contribution >= 0.6 is 15.9 Å². The van der Waals surface area contributed by atoms with Crippen molar-refractivity contribution in [3.8, 4) is 11.5 Å². The van der Waals surface area contributed by atoms with Crippen molar-refractivity contribution < 1.29 is 19.0 Å². The zero-order valence-electron chi connectivity index (χ0n) is 12.1. The molecule has 1 amide bonds. The maximum Gasteiger partial charge on any atom is 0.257 e. The van der Waals surface area contributed by atoms with E-state index in [0.717, 1.165) is 4.47 Å². The molecule has 0 atom stereocenters. The molecule has 1 N–H and O–H groups in total. The van der Waals surface area contributed by atoms with Crippen molar-refractivity contribution in [1.82, 2.24) is 4.90 Å². The largest absolute Gasteiger partial charge is 0.507 e. The van der Waals surface area contributed by atoms with Crippen molar-refractivity contribution >= 4 is 21.8 Å². The Morgan fingerprint density at radius 3 is 2.68 bits per heavy atom. The highest BCUT2D eigenvalue weighted by Crippen LogP contribution is 2.25. The first-order chi connectivity index (χ1) is 10.4. The van der Waals surface area contributed by atoms with Crippen LogP contribution in [0.2, 0.25) is 0 Å². The number of halogens is 2. The number of benzene rings is 2. The number of rotatable bonds is 4. The molecule has 0 spiro atoms. The zero-order chi connectivity index (χ0) is 16.3. The highest BCUT2D eigenvalue weighted by atomic mass is 79.9. The Balaban J connectivity index is 2.20.